The summed E-state index contributed by atoms with van der Waals surface area (Å²) in [5.74, 6) is -5.14. The van der Waals surface area contributed by atoms with Gasteiger partial charge in [-0.05, 0) is 76.7 Å². The number of carbonyl (C=O) groups is 4. The minimum absolute atomic E-state index is 0.102. The Balaban J connectivity index is 1.31. The Kier molecular flexibility index (Phi) is 7.27. The summed E-state index contributed by atoms with van der Waals surface area (Å²) in [4.78, 5) is 56.2. The largest absolute Gasteiger partial charge is 0.503 e. The van der Waals surface area contributed by atoms with Gasteiger partial charge < -0.3 is 19.5 Å². The van der Waals surface area contributed by atoms with E-state index in [1.165, 1.54) is 19.1 Å². The number of halogens is 3. The Morgan fingerprint density at radius 3 is 2.31 bits per heavy atom. The second kappa shape index (κ2) is 10.7. The van der Waals surface area contributed by atoms with Crippen molar-refractivity contribution in [3.05, 3.63) is 58.1 Å². The average molecular weight is 719 g/mol. The zero-order valence-corrected chi connectivity index (χ0v) is 27.6. The van der Waals surface area contributed by atoms with Crippen LogP contribution in [-0.2, 0) is 23.9 Å². The third kappa shape index (κ3) is 4.16. The molecular formula is C32H30BrCl2N3O7. The molecule has 3 heterocycles. The highest BCUT2D eigenvalue weighted by atomic mass is 79.9. The van der Waals surface area contributed by atoms with E-state index in [-0.39, 0.29) is 40.6 Å². The number of phenols is 1. The summed E-state index contributed by atoms with van der Waals surface area (Å²) in [6.45, 7) is 2.78. The Labute approximate surface area is 277 Å². The van der Waals surface area contributed by atoms with Gasteiger partial charge in [0.15, 0.2) is 21.2 Å². The van der Waals surface area contributed by atoms with Crippen molar-refractivity contribution in [3.8, 4) is 11.5 Å². The van der Waals surface area contributed by atoms with Crippen LogP contribution in [0.4, 0.5) is 11.4 Å². The van der Waals surface area contributed by atoms with Gasteiger partial charge in [-0.2, -0.15) is 0 Å². The number of allylic oxidation sites excluding steroid dienone is 2. The minimum Gasteiger partial charge on any atom is -0.503 e. The van der Waals surface area contributed by atoms with Crippen LogP contribution in [0.25, 0.3) is 0 Å². The maximum atomic E-state index is 14.3. The van der Waals surface area contributed by atoms with Gasteiger partial charge in [0.25, 0.3) is 11.8 Å². The lowest BCUT2D eigenvalue weighted by molar-refractivity contribution is -0.138. The molecule has 2 aromatic carbocycles. The Bertz CT molecular complexity index is 1680. The van der Waals surface area contributed by atoms with Crippen molar-refractivity contribution in [2.75, 3.05) is 50.3 Å². The van der Waals surface area contributed by atoms with Gasteiger partial charge in [-0.15, -0.1) is 23.2 Å². The first-order valence-corrected chi connectivity index (χ1v) is 16.3. The fourth-order valence-electron chi connectivity index (χ4n) is 7.92. The Hall–Kier alpha value is -3.12. The summed E-state index contributed by atoms with van der Waals surface area (Å²) in [7, 11) is 2.74. The maximum Gasteiger partial charge on any atom is 0.253 e. The molecule has 1 N–H and O–H groups in total. The number of likely N-dealkylation sites (tertiary alicyclic amines) is 1. The molecule has 3 aliphatic heterocycles. The number of fused-ring (bicyclic) bond motifs is 4. The van der Waals surface area contributed by atoms with Gasteiger partial charge in [-0.25, -0.2) is 0 Å². The summed E-state index contributed by atoms with van der Waals surface area (Å²) in [5, 5.41) is 10.5. The monoisotopic (exact) mass is 717 g/mol. The molecule has 13 heteroatoms. The van der Waals surface area contributed by atoms with E-state index in [0.717, 1.165) is 23.7 Å². The van der Waals surface area contributed by atoms with Gasteiger partial charge in [-0.3, -0.25) is 29.0 Å². The molecule has 10 nitrogen and oxygen atoms in total. The van der Waals surface area contributed by atoms with Crippen molar-refractivity contribution in [2.45, 2.75) is 28.5 Å². The number of rotatable bonds is 4. The van der Waals surface area contributed by atoms with E-state index in [1.807, 2.05) is 18.2 Å². The smallest absolute Gasteiger partial charge is 0.253 e. The van der Waals surface area contributed by atoms with Gasteiger partial charge in [0.05, 0.1) is 42.3 Å². The van der Waals surface area contributed by atoms with Crippen LogP contribution in [0.1, 0.15) is 24.3 Å². The minimum atomic E-state index is -1.93. The third-order valence-corrected chi connectivity index (χ3v) is 12.1. The topological polar surface area (TPSA) is 117 Å². The summed E-state index contributed by atoms with van der Waals surface area (Å²) in [5.41, 5.74) is 2.57. The fourth-order valence-corrected chi connectivity index (χ4v) is 9.40. The molecule has 0 aromatic heterocycles. The van der Waals surface area contributed by atoms with Crippen LogP contribution in [0, 0.1) is 17.8 Å². The van der Waals surface area contributed by atoms with Crippen molar-refractivity contribution in [1.82, 2.24) is 4.90 Å². The van der Waals surface area contributed by atoms with E-state index in [2.05, 4.69) is 20.8 Å². The van der Waals surface area contributed by atoms with Crippen LogP contribution in [0.15, 0.2) is 52.5 Å². The first kappa shape index (κ1) is 30.5. The molecule has 2 aromatic rings. The van der Waals surface area contributed by atoms with Gasteiger partial charge in [0.2, 0.25) is 11.8 Å². The number of anilines is 2. The zero-order chi connectivity index (χ0) is 32.0. The number of amides is 4. The quantitative estimate of drug-likeness (QED) is 0.284. The highest BCUT2D eigenvalue weighted by molar-refractivity contribution is 9.10. The van der Waals surface area contributed by atoms with E-state index in [9.17, 15) is 24.3 Å². The van der Waals surface area contributed by atoms with Crippen LogP contribution in [-0.4, -0.2) is 83.8 Å². The van der Waals surface area contributed by atoms with Crippen molar-refractivity contribution in [1.29, 1.82) is 0 Å². The summed E-state index contributed by atoms with van der Waals surface area (Å²) in [6, 6.07) is 10.5. The first-order valence-electron chi connectivity index (χ1n) is 14.7. The Morgan fingerprint density at radius 1 is 0.978 bits per heavy atom. The average Bonchev–Trinajstić information content (AvgIpc) is 3.37. The second-order valence-electron chi connectivity index (χ2n) is 12.2. The third-order valence-electron chi connectivity index (χ3n) is 10.1. The van der Waals surface area contributed by atoms with Crippen LogP contribution >= 0.6 is 39.1 Å². The Morgan fingerprint density at radius 2 is 1.64 bits per heavy atom. The number of hydrogen-bond acceptors (Lipinski definition) is 8. The van der Waals surface area contributed by atoms with Gasteiger partial charge in [0.1, 0.15) is 0 Å². The number of methoxy groups -OCH3 is 1. The molecule has 2 aliphatic carbocycles. The lowest BCUT2D eigenvalue weighted by atomic mass is 9.56. The number of morpholine rings is 1. The first-order chi connectivity index (χ1) is 21.4. The van der Waals surface area contributed by atoms with Gasteiger partial charge in [0, 0.05) is 31.7 Å². The lowest BCUT2D eigenvalue weighted by Gasteiger charge is -2.50. The lowest BCUT2D eigenvalue weighted by Crippen LogP contribution is -2.60. The van der Waals surface area contributed by atoms with Crippen molar-refractivity contribution < 1.29 is 33.8 Å². The summed E-state index contributed by atoms with van der Waals surface area (Å²) >= 11 is 17.9. The van der Waals surface area contributed by atoms with Crippen LogP contribution in [0.3, 0.4) is 0 Å². The molecule has 45 heavy (non-hydrogen) atoms. The van der Waals surface area contributed by atoms with Crippen LogP contribution in [0.5, 0.6) is 11.5 Å². The maximum absolute atomic E-state index is 14.3. The van der Waals surface area contributed by atoms with Crippen molar-refractivity contribution in [3.63, 3.8) is 0 Å². The number of ether oxygens (including phenoxy) is 2. The number of phenolic OH excluding ortho intramolecular Hbond substituents is 1. The number of carbonyl (C=O) groups excluding carboxylic acids is 4. The van der Waals surface area contributed by atoms with E-state index < -0.39 is 45.2 Å². The number of alkyl halides is 2. The molecule has 0 radical (unpaired) electrons. The standard InChI is InChI=1S/C32H30BrCl2N3O7/c1-36-29(42)31(34)15-21-19(25(32(31,35)30(36)43)16-13-22(33)26(39)23(14-16)44-2)7-8-20-24(21)28(41)38(27(20)40)18-5-3-17(4-6-18)37-9-11-45-12-10-37/h3-7,13-14,20-21,24-25,39H,8-12,15H2,1-2H3. The zero-order valence-electron chi connectivity index (χ0n) is 24.5. The van der Waals surface area contributed by atoms with E-state index in [0.29, 0.717) is 30.0 Å². The molecule has 7 rings (SSSR count). The highest BCUT2D eigenvalue weighted by Crippen LogP contribution is 2.65. The molecule has 4 fully saturated rings. The van der Waals surface area contributed by atoms with Crippen molar-refractivity contribution in [2.24, 2.45) is 17.8 Å². The van der Waals surface area contributed by atoms with Gasteiger partial charge in [-0.1, -0.05) is 11.6 Å². The molecule has 0 spiro atoms. The number of nitrogens with zero attached hydrogens (tertiary/aromatic N) is 3. The summed E-state index contributed by atoms with van der Waals surface area (Å²) < 4.78 is 11.1. The predicted molar refractivity (Wildman–Crippen MR) is 170 cm³/mol. The molecule has 5 aliphatic rings. The molecule has 6 atom stereocenters. The SMILES string of the molecule is COc1cc(C2C3=CCC4C(=O)N(c5ccc(N6CCOCC6)cc5)C(=O)C4C3CC3(Cl)C(=O)N(C)C(=O)C23Cl)cc(Br)c1O. The van der Waals surface area contributed by atoms with Gasteiger partial charge >= 0.3 is 0 Å². The normalized spacial score (nSPS) is 32.8. The molecule has 4 amide bonds. The van der Waals surface area contributed by atoms with E-state index in [1.54, 1.807) is 24.3 Å². The fraction of sp³-hybridized carbons (Fsp3) is 0.438. The van der Waals surface area contributed by atoms with E-state index >= 15 is 0 Å². The predicted octanol–water partition coefficient (Wildman–Crippen LogP) is 4.19. The second-order valence-corrected chi connectivity index (χ2v) is 14.3. The highest BCUT2D eigenvalue weighted by Gasteiger charge is 2.76. The molecule has 1 saturated carbocycles. The van der Waals surface area contributed by atoms with Crippen LogP contribution in [0.2, 0.25) is 0 Å². The number of benzene rings is 2. The molecule has 3 saturated heterocycles. The van der Waals surface area contributed by atoms with Crippen molar-refractivity contribution >= 4 is 74.1 Å². The summed E-state index contributed by atoms with van der Waals surface area (Å²) in [6.07, 6.45) is 2.02. The van der Waals surface area contributed by atoms with Crippen LogP contribution < -0.4 is 14.5 Å². The molecular weight excluding hydrogens is 689 g/mol. The number of imide groups is 2. The molecule has 236 valence electrons. The number of aromatic hydroxyl groups is 1. The van der Waals surface area contributed by atoms with E-state index in [4.69, 9.17) is 32.7 Å². The molecule has 6 unspecified atom stereocenters. The molecule has 0 bridgehead atoms. The number of hydrogen-bond donors (Lipinski definition) is 1.